The van der Waals surface area contributed by atoms with Crippen molar-refractivity contribution < 1.29 is 9.42 Å². The third-order valence-corrected chi connectivity index (χ3v) is 3.35. The number of anilines is 1. The largest absolute Gasteiger partial charge is 0.423 e. The zero-order valence-corrected chi connectivity index (χ0v) is 11.1. The number of hydrogen-bond donors (Lipinski definition) is 1. The third-order valence-electron chi connectivity index (χ3n) is 3.35. The van der Waals surface area contributed by atoms with Crippen molar-refractivity contribution in [3.63, 3.8) is 0 Å². The minimum atomic E-state index is -0.205. The minimum absolute atomic E-state index is 0.205. The Morgan fingerprint density at radius 3 is 2.84 bits per heavy atom. The average Bonchev–Trinajstić information content (AvgIpc) is 2.76. The molecule has 102 valence electrons. The van der Waals surface area contributed by atoms with E-state index >= 15 is 0 Å². The number of nitrogens with zero attached hydrogens (tertiary/aromatic N) is 5. The molecule has 0 unspecified atom stereocenters. The number of hydrogen-bond acceptors (Lipinski definition) is 5. The fraction of sp³-hybridized carbons (Fsp3) is 0.636. The van der Waals surface area contributed by atoms with E-state index in [-0.39, 0.29) is 5.69 Å². The normalized spacial score (nSPS) is 16.2. The lowest BCUT2D eigenvalue weighted by atomic mass is 10.4. The van der Waals surface area contributed by atoms with Gasteiger partial charge in [0, 0.05) is 20.0 Å². The molecule has 2 aromatic heterocycles. The summed E-state index contributed by atoms with van der Waals surface area (Å²) in [5, 5.41) is 4.34. The van der Waals surface area contributed by atoms with Crippen LogP contribution in [0.4, 0.5) is 5.95 Å². The number of morpholine rings is 1. The summed E-state index contributed by atoms with van der Waals surface area (Å²) in [7, 11) is 0. The van der Waals surface area contributed by atoms with Gasteiger partial charge in [-0.2, -0.15) is 4.98 Å². The van der Waals surface area contributed by atoms with E-state index in [0.29, 0.717) is 31.5 Å². The summed E-state index contributed by atoms with van der Waals surface area (Å²) in [6.45, 7) is 7.31. The SMILES string of the molecule is CC[n+]1nc2nc(N3CCOCC3)[nH]c(=O)n2c1C. The van der Waals surface area contributed by atoms with Crippen LogP contribution in [0, 0.1) is 6.92 Å². The van der Waals surface area contributed by atoms with Crippen molar-refractivity contribution in [2.45, 2.75) is 20.4 Å². The number of fused-ring (bicyclic) bond motifs is 1. The first-order valence-electron chi connectivity index (χ1n) is 6.43. The molecule has 1 saturated heterocycles. The van der Waals surface area contributed by atoms with Crippen LogP contribution in [0.15, 0.2) is 4.79 Å². The van der Waals surface area contributed by atoms with Gasteiger partial charge in [0.2, 0.25) is 5.95 Å². The van der Waals surface area contributed by atoms with Crippen LogP contribution in [0.25, 0.3) is 5.78 Å². The zero-order chi connectivity index (χ0) is 13.4. The maximum absolute atomic E-state index is 12.1. The van der Waals surface area contributed by atoms with Gasteiger partial charge in [-0.05, 0) is 12.0 Å². The molecular weight excluding hydrogens is 248 g/mol. The molecule has 0 spiro atoms. The van der Waals surface area contributed by atoms with Crippen molar-refractivity contribution in [3.05, 3.63) is 16.3 Å². The summed E-state index contributed by atoms with van der Waals surface area (Å²) in [5.41, 5.74) is -0.205. The lowest BCUT2D eigenvalue weighted by Crippen LogP contribution is -2.39. The predicted molar refractivity (Wildman–Crippen MR) is 67.2 cm³/mol. The Hall–Kier alpha value is -1.96. The number of H-pyrrole nitrogens is 1. The zero-order valence-electron chi connectivity index (χ0n) is 11.1. The Morgan fingerprint density at radius 1 is 1.42 bits per heavy atom. The molecule has 2 aromatic rings. The van der Waals surface area contributed by atoms with Gasteiger partial charge in [-0.1, -0.05) is 0 Å². The maximum atomic E-state index is 12.1. The van der Waals surface area contributed by atoms with Gasteiger partial charge in [-0.25, -0.2) is 4.79 Å². The first-order valence-corrected chi connectivity index (χ1v) is 6.43. The number of ether oxygens (including phenoxy) is 1. The third kappa shape index (κ3) is 1.97. The lowest BCUT2D eigenvalue weighted by molar-refractivity contribution is -0.752. The van der Waals surface area contributed by atoms with Crippen molar-refractivity contribution >= 4 is 11.7 Å². The number of aromatic amines is 1. The highest BCUT2D eigenvalue weighted by molar-refractivity contribution is 5.37. The summed E-state index contributed by atoms with van der Waals surface area (Å²) in [6.07, 6.45) is 0. The Balaban J connectivity index is 2.11. The average molecular weight is 265 g/mol. The molecule has 0 amide bonds. The summed E-state index contributed by atoms with van der Waals surface area (Å²) < 4.78 is 8.55. The summed E-state index contributed by atoms with van der Waals surface area (Å²) >= 11 is 0. The molecule has 1 N–H and O–H groups in total. The highest BCUT2D eigenvalue weighted by Gasteiger charge is 2.22. The van der Waals surface area contributed by atoms with Gasteiger partial charge in [-0.15, -0.1) is 9.08 Å². The van der Waals surface area contributed by atoms with Gasteiger partial charge in [-0.3, -0.25) is 4.98 Å². The summed E-state index contributed by atoms with van der Waals surface area (Å²) in [5.74, 6) is 1.78. The van der Waals surface area contributed by atoms with Crippen LogP contribution < -0.4 is 15.3 Å². The fourth-order valence-electron chi connectivity index (χ4n) is 2.29. The van der Waals surface area contributed by atoms with Gasteiger partial charge in [0.15, 0.2) is 0 Å². The van der Waals surface area contributed by atoms with E-state index in [1.54, 1.807) is 4.68 Å². The molecule has 0 saturated carbocycles. The van der Waals surface area contributed by atoms with E-state index < -0.39 is 0 Å². The number of rotatable bonds is 2. The minimum Gasteiger partial charge on any atom is -0.378 e. The van der Waals surface area contributed by atoms with Gasteiger partial charge in [0.25, 0.3) is 5.82 Å². The van der Waals surface area contributed by atoms with Crippen LogP contribution in [0.3, 0.4) is 0 Å². The van der Waals surface area contributed by atoms with Crippen molar-refractivity contribution in [1.29, 1.82) is 0 Å². The first-order chi connectivity index (χ1) is 9.20. The second kappa shape index (κ2) is 4.61. The molecule has 0 aromatic carbocycles. The van der Waals surface area contributed by atoms with Crippen LogP contribution in [-0.2, 0) is 11.3 Å². The quantitative estimate of drug-likeness (QED) is 0.695. The molecule has 8 nitrogen and oxygen atoms in total. The lowest BCUT2D eigenvalue weighted by Gasteiger charge is -2.26. The van der Waals surface area contributed by atoms with Crippen LogP contribution in [0.2, 0.25) is 0 Å². The van der Waals surface area contributed by atoms with Crippen LogP contribution in [0.1, 0.15) is 12.7 Å². The number of aryl methyl sites for hydroxylation is 2. The van der Waals surface area contributed by atoms with E-state index in [2.05, 4.69) is 15.1 Å². The Morgan fingerprint density at radius 2 is 2.16 bits per heavy atom. The Kier molecular flexibility index (Phi) is 2.94. The second-order valence-corrected chi connectivity index (χ2v) is 4.46. The maximum Gasteiger partial charge on any atom is 0.423 e. The fourth-order valence-corrected chi connectivity index (χ4v) is 2.29. The van der Waals surface area contributed by atoms with Gasteiger partial charge < -0.3 is 9.64 Å². The summed E-state index contributed by atoms with van der Waals surface area (Å²) in [4.78, 5) is 21.4. The molecular formula is C11H17N6O2+. The van der Waals surface area contributed by atoms with Gasteiger partial charge in [0.05, 0.1) is 13.2 Å². The Bertz CT molecular complexity index is 655. The van der Waals surface area contributed by atoms with E-state index in [4.69, 9.17) is 4.74 Å². The molecule has 1 aliphatic rings. The second-order valence-electron chi connectivity index (χ2n) is 4.46. The molecule has 3 heterocycles. The van der Waals surface area contributed by atoms with Gasteiger partial charge in [0.1, 0.15) is 6.54 Å². The molecule has 19 heavy (non-hydrogen) atoms. The smallest absolute Gasteiger partial charge is 0.378 e. The van der Waals surface area contributed by atoms with Crippen LogP contribution in [0.5, 0.6) is 0 Å². The molecule has 0 radical (unpaired) electrons. The van der Waals surface area contributed by atoms with Crippen molar-refractivity contribution in [2.24, 2.45) is 0 Å². The van der Waals surface area contributed by atoms with Crippen molar-refractivity contribution in [3.8, 4) is 0 Å². The van der Waals surface area contributed by atoms with Crippen LogP contribution >= 0.6 is 0 Å². The van der Waals surface area contributed by atoms with Crippen molar-refractivity contribution in [1.82, 2.24) is 19.5 Å². The standard InChI is InChI=1S/C11H16N6O2/c1-3-16-8(2)17-10(14-16)12-9(13-11(17)18)15-4-6-19-7-5-15/h3-7H2,1-2H3/p+1. The first kappa shape index (κ1) is 12.1. The van der Waals surface area contributed by atoms with E-state index in [1.165, 1.54) is 4.40 Å². The molecule has 1 fully saturated rings. The van der Waals surface area contributed by atoms with E-state index in [9.17, 15) is 4.79 Å². The monoisotopic (exact) mass is 265 g/mol. The highest BCUT2D eigenvalue weighted by atomic mass is 16.5. The van der Waals surface area contributed by atoms with E-state index in [1.807, 2.05) is 18.7 Å². The topological polar surface area (TPSA) is 79.4 Å². The molecule has 8 heteroatoms. The van der Waals surface area contributed by atoms with Gasteiger partial charge >= 0.3 is 11.5 Å². The van der Waals surface area contributed by atoms with E-state index in [0.717, 1.165) is 18.9 Å². The Labute approximate surface area is 109 Å². The molecule has 0 bridgehead atoms. The molecule has 1 aliphatic heterocycles. The highest BCUT2D eigenvalue weighted by Crippen LogP contribution is 2.08. The number of aromatic nitrogens is 5. The molecule has 3 rings (SSSR count). The predicted octanol–water partition coefficient (Wildman–Crippen LogP) is -1.13. The van der Waals surface area contributed by atoms with Crippen LogP contribution in [-0.4, -0.2) is 45.8 Å². The number of nitrogens with one attached hydrogen (secondary N) is 1. The molecule has 0 atom stereocenters. The molecule has 0 aliphatic carbocycles. The summed E-state index contributed by atoms with van der Waals surface area (Å²) in [6, 6.07) is 0. The van der Waals surface area contributed by atoms with Crippen molar-refractivity contribution in [2.75, 3.05) is 31.2 Å².